The number of hydrogen-bond acceptors (Lipinski definition) is 5. The maximum Gasteiger partial charge on any atom is 0.338 e. The van der Waals surface area contributed by atoms with Crippen molar-refractivity contribution in [3.05, 3.63) is 101 Å². The second-order valence-electron chi connectivity index (χ2n) is 8.67. The van der Waals surface area contributed by atoms with Crippen molar-refractivity contribution < 1.29 is 18.7 Å². The number of nitrogens with zero attached hydrogens (tertiary/aromatic N) is 1. The molecule has 34 heavy (non-hydrogen) atoms. The van der Waals surface area contributed by atoms with Crippen LogP contribution in [0.25, 0.3) is 0 Å². The average molecular weight is 460 g/mol. The van der Waals surface area contributed by atoms with E-state index in [1.807, 2.05) is 31.2 Å². The molecule has 2 aliphatic rings. The minimum atomic E-state index is -0.541. The Hall–Kier alpha value is -3.55. The van der Waals surface area contributed by atoms with Gasteiger partial charge in [0, 0.05) is 17.2 Å². The number of benzene rings is 3. The lowest BCUT2D eigenvalue weighted by Crippen LogP contribution is -2.41. The zero-order chi connectivity index (χ0) is 23.8. The fourth-order valence-electron chi connectivity index (χ4n) is 5.02. The van der Waals surface area contributed by atoms with Crippen LogP contribution in [-0.2, 0) is 9.53 Å². The van der Waals surface area contributed by atoms with Crippen LogP contribution in [0.5, 0.6) is 0 Å². The summed E-state index contributed by atoms with van der Waals surface area (Å²) in [5.74, 6) is -1.18. The van der Waals surface area contributed by atoms with Crippen LogP contribution in [0.2, 0.25) is 0 Å². The van der Waals surface area contributed by atoms with Gasteiger partial charge >= 0.3 is 5.97 Å². The fourth-order valence-corrected chi connectivity index (χ4v) is 5.02. The third kappa shape index (κ3) is 3.77. The topological polar surface area (TPSA) is 70.7 Å². The normalized spacial score (nSPS) is 23.7. The maximum absolute atomic E-state index is 15.1. The standard InChI is InChI=1S/C27H26FN3O3/c1-3-34-27(33)18-12-14-19(15-13-18)31-25(20-6-4-5-7-21(20)28)22-23(29-30-24(22)26(31)32)17-10-8-16(2)9-11-17/h4-15,22-25,29-30H,3H2,1-2H3. The summed E-state index contributed by atoms with van der Waals surface area (Å²) in [6.07, 6.45) is 0. The molecule has 2 heterocycles. The number of esters is 1. The zero-order valence-electron chi connectivity index (χ0n) is 19.0. The molecule has 0 saturated carbocycles. The number of fused-ring (bicyclic) bond motifs is 1. The molecule has 4 unspecified atom stereocenters. The van der Waals surface area contributed by atoms with E-state index in [0.717, 1.165) is 11.1 Å². The second-order valence-corrected chi connectivity index (χ2v) is 8.67. The number of rotatable bonds is 5. The number of halogens is 1. The maximum atomic E-state index is 15.1. The Morgan fingerprint density at radius 1 is 0.971 bits per heavy atom. The first-order chi connectivity index (χ1) is 16.5. The van der Waals surface area contributed by atoms with Crippen molar-refractivity contribution in [3.63, 3.8) is 0 Å². The summed E-state index contributed by atoms with van der Waals surface area (Å²) < 4.78 is 20.2. The molecule has 174 valence electrons. The molecule has 5 rings (SSSR count). The summed E-state index contributed by atoms with van der Waals surface area (Å²) in [4.78, 5) is 27.4. The van der Waals surface area contributed by atoms with Crippen molar-refractivity contribution >= 4 is 17.6 Å². The lowest BCUT2D eigenvalue weighted by Gasteiger charge is -2.31. The van der Waals surface area contributed by atoms with Gasteiger partial charge in [-0.1, -0.05) is 48.0 Å². The highest BCUT2D eigenvalue weighted by Gasteiger charge is 2.56. The lowest BCUT2D eigenvalue weighted by molar-refractivity contribution is -0.119. The van der Waals surface area contributed by atoms with E-state index in [1.54, 1.807) is 54.3 Å². The molecule has 0 spiro atoms. The molecule has 1 amide bonds. The molecular formula is C27H26FN3O3. The van der Waals surface area contributed by atoms with Gasteiger partial charge < -0.3 is 9.64 Å². The van der Waals surface area contributed by atoms with Gasteiger partial charge in [-0.15, -0.1) is 0 Å². The van der Waals surface area contributed by atoms with Crippen molar-refractivity contribution in [1.29, 1.82) is 0 Å². The van der Waals surface area contributed by atoms with Crippen LogP contribution in [0, 0.1) is 18.7 Å². The second kappa shape index (κ2) is 9.00. The molecule has 3 aromatic carbocycles. The van der Waals surface area contributed by atoms with Crippen molar-refractivity contribution in [1.82, 2.24) is 10.9 Å². The molecule has 7 heteroatoms. The highest BCUT2D eigenvalue weighted by Crippen LogP contribution is 2.49. The van der Waals surface area contributed by atoms with Crippen LogP contribution in [0.3, 0.4) is 0 Å². The largest absolute Gasteiger partial charge is 0.462 e. The predicted molar refractivity (Wildman–Crippen MR) is 126 cm³/mol. The zero-order valence-corrected chi connectivity index (χ0v) is 19.0. The van der Waals surface area contributed by atoms with E-state index >= 15 is 4.39 Å². The van der Waals surface area contributed by atoms with E-state index < -0.39 is 18.1 Å². The summed E-state index contributed by atoms with van der Waals surface area (Å²) in [6, 6.07) is 20.2. The van der Waals surface area contributed by atoms with Gasteiger partial charge in [0.05, 0.1) is 24.3 Å². The first-order valence-electron chi connectivity index (χ1n) is 11.4. The molecule has 0 aromatic heterocycles. The van der Waals surface area contributed by atoms with Gasteiger partial charge in [-0.05, 0) is 49.7 Å². The van der Waals surface area contributed by atoms with Crippen molar-refractivity contribution in [2.75, 3.05) is 11.5 Å². The Kier molecular flexibility index (Phi) is 5.89. The lowest BCUT2D eigenvalue weighted by atomic mass is 9.83. The average Bonchev–Trinajstić information content (AvgIpc) is 3.39. The van der Waals surface area contributed by atoms with E-state index in [2.05, 4.69) is 10.9 Å². The Morgan fingerprint density at radius 2 is 1.65 bits per heavy atom. The molecule has 0 bridgehead atoms. The van der Waals surface area contributed by atoms with Gasteiger partial charge in [0.15, 0.2) is 0 Å². The summed E-state index contributed by atoms with van der Waals surface area (Å²) in [7, 11) is 0. The molecular weight excluding hydrogens is 433 g/mol. The molecule has 0 radical (unpaired) electrons. The Bertz CT molecular complexity index is 1210. The van der Waals surface area contributed by atoms with Gasteiger partial charge in [-0.2, -0.15) is 0 Å². The Balaban J connectivity index is 1.58. The molecule has 2 N–H and O–H groups in total. The third-order valence-corrected chi connectivity index (χ3v) is 6.63. The van der Waals surface area contributed by atoms with Gasteiger partial charge in [0.2, 0.25) is 5.91 Å². The van der Waals surface area contributed by atoms with Crippen LogP contribution >= 0.6 is 0 Å². The molecule has 2 saturated heterocycles. The SMILES string of the molecule is CCOC(=O)c1ccc(N2C(=O)C3NNC(c4ccc(C)cc4)C3C2c2ccccc2F)cc1. The first-order valence-corrected chi connectivity index (χ1v) is 11.4. The Morgan fingerprint density at radius 3 is 2.32 bits per heavy atom. The highest BCUT2D eigenvalue weighted by atomic mass is 19.1. The predicted octanol–water partition coefficient (Wildman–Crippen LogP) is 4.23. The number of ether oxygens (including phenoxy) is 1. The smallest absolute Gasteiger partial charge is 0.338 e. The van der Waals surface area contributed by atoms with Gasteiger partial charge in [-0.3, -0.25) is 4.79 Å². The molecule has 4 atom stereocenters. The number of hydrogen-bond donors (Lipinski definition) is 2. The number of nitrogens with one attached hydrogen (secondary N) is 2. The van der Waals surface area contributed by atoms with E-state index in [-0.39, 0.29) is 30.3 Å². The number of amides is 1. The number of anilines is 1. The molecule has 6 nitrogen and oxygen atoms in total. The van der Waals surface area contributed by atoms with Crippen LogP contribution in [0.1, 0.15) is 46.1 Å². The van der Waals surface area contributed by atoms with Crippen LogP contribution < -0.4 is 15.8 Å². The highest BCUT2D eigenvalue weighted by molar-refractivity contribution is 6.02. The number of carbonyl (C=O) groups is 2. The third-order valence-electron chi connectivity index (χ3n) is 6.63. The van der Waals surface area contributed by atoms with Crippen molar-refractivity contribution in [3.8, 4) is 0 Å². The van der Waals surface area contributed by atoms with E-state index in [9.17, 15) is 9.59 Å². The van der Waals surface area contributed by atoms with E-state index in [0.29, 0.717) is 16.8 Å². The molecule has 3 aromatic rings. The summed E-state index contributed by atoms with van der Waals surface area (Å²) >= 11 is 0. The molecule has 0 aliphatic carbocycles. The summed E-state index contributed by atoms with van der Waals surface area (Å²) in [5, 5.41) is 0. The number of carbonyl (C=O) groups excluding carboxylic acids is 2. The minimum Gasteiger partial charge on any atom is -0.462 e. The van der Waals surface area contributed by atoms with Gasteiger partial charge in [0.1, 0.15) is 11.9 Å². The monoisotopic (exact) mass is 459 g/mol. The first kappa shape index (κ1) is 22.3. The van der Waals surface area contributed by atoms with E-state index in [4.69, 9.17) is 4.74 Å². The van der Waals surface area contributed by atoms with Gasteiger partial charge in [0.25, 0.3) is 0 Å². The minimum absolute atomic E-state index is 0.149. The van der Waals surface area contributed by atoms with E-state index in [1.165, 1.54) is 6.07 Å². The number of hydrazine groups is 1. The van der Waals surface area contributed by atoms with Crippen LogP contribution in [0.4, 0.5) is 10.1 Å². The molecule has 2 aliphatic heterocycles. The quantitative estimate of drug-likeness (QED) is 0.559. The van der Waals surface area contributed by atoms with Crippen molar-refractivity contribution in [2.24, 2.45) is 5.92 Å². The summed E-state index contributed by atoms with van der Waals surface area (Å²) in [5.41, 5.74) is 10.1. The fraction of sp³-hybridized carbons (Fsp3) is 0.259. The summed E-state index contributed by atoms with van der Waals surface area (Å²) in [6.45, 7) is 4.05. The van der Waals surface area contributed by atoms with Crippen LogP contribution in [-0.4, -0.2) is 24.5 Å². The van der Waals surface area contributed by atoms with Crippen molar-refractivity contribution in [2.45, 2.75) is 32.0 Å². The van der Waals surface area contributed by atoms with Gasteiger partial charge in [-0.25, -0.2) is 20.0 Å². The Labute approximate surface area is 197 Å². The molecule has 2 fully saturated rings. The van der Waals surface area contributed by atoms with Crippen LogP contribution in [0.15, 0.2) is 72.8 Å². The number of aryl methyl sites for hydroxylation is 1.